The van der Waals surface area contributed by atoms with E-state index in [9.17, 15) is 5.11 Å². The highest BCUT2D eigenvalue weighted by molar-refractivity contribution is 9.10. The second kappa shape index (κ2) is 9.11. The highest BCUT2D eigenvalue weighted by atomic mass is 79.9. The lowest BCUT2D eigenvalue weighted by Crippen LogP contribution is -1.94. The Kier molecular flexibility index (Phi) is 6.12. The van der Waals surface area contributed by atoms with Crippen molar-refractivity contribution in [2.75, 3.05) is 0 Å². The van der Waals surface area contributed by atoms with Gasteiger partial charge in [0.15, 0.2) is 17.2 Å². The number of hydrogen-bond donors (Lipinski definition) is 0. The summed E-state index contributed by atoms with van der Waals surface area (Å²) in [6.07, 6.45) is 0. The van der Waals surface area contributed by atoms with Crippen molar-refractivity contribution in [2.45, 2.75) is 0 Å². The van der Waals surface area contributed by atoms with E-state index in [0.717, 1.165) is 4.47 Å². The van der Waals surface area contributed by atoms with Crippen molar-refractivity contribution >= 4 is 27.5 Å². The molecular formula is C24H15BrClO4. The lowest BCUT2D eigenvalue weighted by molar-refractivity contribution is 0.322. The maximum atomic E-state index is 12.8. The van der Waals surface area contributed by atoms with Crippen molar-refractivity contribution in [1.29, 1.82) is 0 Å². The van der Waals surface area contributed by atoms with E-state index in [1.165, 1.54) is 6.07 Å². The fourth-order valence-electron chi connectivity index (χ4n) is 2.68. The maximum absolute atomic E-state index is 12.8. The molecule has 0 N–H and O–H groups in total. The minimum absolute atomic E-state index is 0.0280. The minimum Gasteiger partial charge on any atom is -0.453 e. The third-order valence-electron chi connectivity index (χ3n) is 4.08. The van der Waals surface area contributed by atoms with Crippen LogP contribution in [0.1, 0.15) is 0 Å². The molecule has 4 aromatic rings. The van der Waals surface area contributed by atoms with Gasteiger partial charge in [0, 0.05) is 10.5 Å². The first-order chi connectivity index (χ1) is 14.6. The van der Waals surface area contributed by atoms with Gasteiger partial charge in [0.2, 0.25) is 5.75 Å². The molecule has 0 aliphatic rings. The first kappa shape index (κ1) is 20.1. The van der Waals surface area contributed by atoms with Gasteiger partial charge in [0.1, 0.15) is 22.3 Å². The summed E-state index contributed by atoms with van der Waals surface area (Å²) in [4.78, 5) is 0. The van der Waals surface area contributed by atoms with Crippen LogP contribution < -0.4 is 14.2 Å². The van der Waals surface area contributed by atoms with Gasteiger partial charge in [-0.2, -0.15) is 0 Å². The molecule has 0 saturated carbocycles. The predicted octanol–water partition coefficient (Wildman–Crippen LogP) is 8.62. The van der Waals surface area contributed by atoms with Crippen LogP contribution in [-0.4, -0.2) is 0 Å². The summed E-state index contributed by atoms with van der Waals surface area (Å²) in [6.45, 7) is 0. The van der Waals surface area contributed by atoms with E-state index in [-0.39, 0.29) is 22.3 Å². The molecule has 0 aliphatic heterocycles. The summed E-state index contributed by atoms with van der Waals surface area (Å²) >= 11 is 9.95. The fourth-order valence-corrected chi connectivity index (χ4v) is 3.21. The molecule has 4 rings (SSSR count). The van der Waals surface area contributed by atoms with Crippen LogP contribution in [0.2, 0.25) is 5.02 Å². The average Bonchev–Trinajstić information content (AvgIpc) is 2.77. The van der Waals surface area contributed by atoms with Crippen LogP contribution in [0.3, 0.4) is 0 Å². The van der Waals surface area contributed by atoms with Crippen molar-refractivity contribution in [1.82, 2.24) is 0 Å². The molecule has 30 heavy (non-hydrogen) atoms. The van der Waals surface area contributed by atoms with Crippen LogP contribution in [0.15, 0.2) is 95.5 Å². The topological polar surface area (TPSA) is 47.6 Å². The maximum Gasteiger partial charge on any atom is 0.226 e. The van der Waals surface area contributed by atoms with Gasteiger partial charge in [-0.1, -0.05) is 63.9 Å². The smallest absolute Gasteiger partial charge is 0.226 e. The quantitative estimate of drug-likeness (QED) is 0.276. The van der Waals surface area contributed by atoms with E-state index in [1.807, 2.05) is 48.5 Å². The third-order valence-corrected chi connectivity index (χ3v) is 4.95. The molecule has 0 unspecified atom stereocenters. The van der Waals surface area contributed by atoms with Crippen molar-refractivity contribution in [2.24, 2.45) is 0 Å². The summed E-state index contributed by atoms with van der Waals surface area (Å²) in [7, 11) is 0. The Morgan fingerprint density at radius 3 is 1.73 bits per heavy atom. The van der Waals surface area contributed by atoms with Gasteiger partial charge >= 0.3 is 0 Å². The van der Waals surface area contributed by atoms with E-state index in [1.54, 1.807) is 36.4 Å². The first-order valence-electron chi connectivity index (χ1n) is 9.03. The van der Waals surface area contributed by atoms with Gasteiger partial charge in [0.25, 0.3) is 0 Å². The average molecular weight is 483 g/mol. The molecule has 0 bridgehead atoms. The number of ether oxygens (including phenoxy) is 3. The molecule has 4 aromatic carbocycles. The lowest BCUT2D eigenvalue weighted by atomic mass is 10.2. The van der Waals surface area contributed by atoms with Gasteiger partial charge in [-0.15, -0.1) is 0 Å². The molecule has 6 heteroatoms. The summed E-state index contributed by atoms with van der Waals surface area (Å²) in [5, 5.41) is 12.8. The first-order valence-corrected chi connectivity index (χ1v) is 10.2. The largest absolute Gasteiger partial charge is 0.453 e. The van der Waals surface area contributed by atoms with E-state index in [4.69, 9.17) is 25.8 Å². The molecule has 4 nitrogen and oxygen atoms in total. The van der Waals surface area contributed by atoms with Crippen LogP contribution in [0.5, 0.6) is 40.2 Å². The molecule has 0 saturated heterocycles. The normalized spacial score (nSPS) is 10.5. The molecule has 0 amide bonds. The Morgan fingerprint density at radius 1 is 0.633 bits per heavy atom. The number of benzene rings is 4. The third kappa shape index (κ3) is 4.70. The summed E-state index contributed by atoms with van der Waals surface area (Å²) < 4.78 is 18.5. The zero-order valence-corrected chi connectivity index (χ0v) is 17.9. The van der Waals surface area contributed by atoms with Crippen molar-refractivity contribution in [3.05, 3.63) is 100 Å². The molecule has 0 atom stereocenters. The Balaban J connectivity index is 1.76. The minimum atomic E-state index is -0.422. The molecular weight excluding hydrogens is 468 g/mol. The Labute approximate surface area is 187 Å². The monoisotopic (exact) mass is 481 g/mol. The number of hydrogen-bond acceptors (Lipinski definition) is 3. The molecule has 1 radical (unpaired) electrons. The second-order valence-electron chi connectivity index (χ2n) is 6.23. The predicted molar refractivity (Wildman–Crippen MR) is 119 cm³/mol. The Hall–Kier alpha value is -3.15. The number of para-hydroxylation sites is 2. The summed E-state index contributed by atoms with van der Waals surface area (Å²) in [5.74, 6) is 1.50. The molecule has 0 aliphatic carbocycles. The number of rotatable bonds is 6. The molecule has 149 valence electrons. The zero-order valence-electron chi connectivity index (χ0n) is 15.5. The second-order valence-corrected chi connectivity index (χ2v) is 7.52. The molecule has 0 aromatic heterocycles. The Bertz CT molecular complexity index is 1130. The van der Waals surface area contributed by atoms with Crippen molar-refractivity contribution in [3.63, 3.8) is 0 Å². The number of halogens is 2. The van der Waals surface area contributed by atoms with Gasteiger partial charge in [0.05, 0.1) is 0 Å². The van der Waals surface area contributed by atoms with Gasteiger partial charge in [-0.05, 0) is 48.5 Å². The van der Waals surface area contributed by atoms with E-state index < -0.39 is 5.75 Å². The van der Waals surface area contributed by atoms with Crippen LogP contribution in [0.4, 0.5) is 0 Å². The SMILES string of the molecule is [O]c1cc(Oc2ccccc2)c(Oc2ccccc2)c(Cl)c1Oc1ccc(Br)cc1. The van der Waals surface area contributed by atoms with Crippen LogP contribution in [0, 0.1) is 0 Å². The van der Waals surface area contributed by atoms with Crippen molar-refractivity contribution < 1.29 is 19.3 Å². The fraction of sp³-hybridized carbons (Fsp3) is 0. The van der Waals surface area contributed by atoms with E-state index in [2.05, 4.69) is 15.9 Å². The summed E-state index contributed by atoms with van der Waals surface area (Å²) in [5.41, 5.74) is 0. The van der Waals surface area contributed by atoms with Gasteiger partial charge < -0.3 is 14.2 Å². The van der Waals surface area contributed by atoms with E-state index in [0.29, 0.717) is 17.2 Å². The highest BCUT2D eigenvalue weighted by Gasteiger charge is 2.23. The highest BCUT2D eigenvalue weighted by Crippen LogP contribution is 2.51. The molecule has 0 heterocycles. The van der Waals surface area contributed by atoms with Crippen LogP contribution >= 0.6 is 27.5 Å². The van der Waals surface area contributed by atoms with Gasteiger partial charge in [-0.25, -0.2) is 0 Å². The summed E-state index contributed by atoms with van der Waals surface area (Å²) in [6, 6.07) is 26.6. The molecule has 0 fully saturated rings. The zero-order chi connectivity index (χ0) is 20.9. The lowest BCUT2D eigenvalue weighted by Gasteiger charge is -2.17. The van der Waals surface area contributed by atoms with Crippen LogP contribution in [0.25, 0.3) is 0 Å². The standard InChI is InChI=1S/C24H15BrClO4/c25-16-11-13-19(14-12-16)29-23-20(27)15-21(28-17-7-3-1-4-8-17)24(22(23)26)30-18-9-5-2-6-10-18/h1-15H. The Morgan fingerprint density at radius 2 is 1.13 bits per heavy atom. The van der Waals surface area contributed by atoms with Crippen molar-refractivity contribution in [3.8, 4) is 40.2 Å². The molecule has 0 spiro atoms. The van der Waals surface area contributed by atoms with Gasteiger partial charge in [-0.3, -0.25) is 5.11 Å². The van der Waals surface area contributed by atoms with Crippen LogP contribution in [-0.2, 0) is 5.11 Å². The van der Waals surface area contributed by atoms with E-state index >= 15 is 0 Å².